The zero-order valence-corrected chi connectivity index (χ0v) is 12.7. The second-order valence-corrected chi connectivity index (χ2v) is 5.15. The number of nitrogens with zero attached hydrogens (tertiary/aromatic N) is 6. The third-order valence-electron chi connectivity index (χ3n) is 3.67. The molecule has 4 aromatic rings. The van der Waals surface area contributed by atoms with Crippen LogP contribution in [0.3, 0.4) is 0 Å². The van der Waals surface area contributed by atoms with E-state index in [0.29, 0.717) is 17.4 Å². The molecule has 3 heterocycles. The van der Waals surface area contributed by atoms with Crippen molar-refractivity contribution in [2.45, 2.75) is 13.8 Å². The summed E-state index contributed by atoms with van der Waals surface area (Å²) in [7, 11) is 0. The smallest absolute Gasteiger partial charge is 0.255 e. The van der Waals surface area contributed by atoms with Crippen LogP contribution in [0.4, 0.5) is 0 Å². The van der Waals surface area contributed by atoms with Crippen LogP contribution in [0, 0.1) is 13.8 Å². The largest absolute Gasteiger partial charge is 0.439 e. The molecule has 0 atom stereocenters. The van der Waals surface area contributed by atoms with Crippen LogP contribution in [0.5, 0.6) is 11.6 Å². The number of hydrogen-bond donors (Lipinski definition) is 0. The maximum atomic E-state index is 6.02. The Balaban J connectivity index is 1.71. The van der Waals surface area contributed by atoms with E-state index in [0.717, 1.165) is 16.9 Å². The molecule has 114 valence electrons. The van der Waals surface area contributed by atoms with Crippen molar-refractivity contribution in [1.29, 1.82) is 0 Å². The van der Waals surface area contributed by atoms with Gasteiger partial charge in [0, 0.05) is 23.7 Å². The summed E-state index contributed by atoms with van der Waals surface area (Å²) in [5.74, 6) is 1.86. The fraction of sp³-hybridized carbons (Fsp3) is 0.125. The molecule has 0 unspecified atom stereocenters. The number of aromatic nitrogens is 6. The van der Waals surface area contributed by atoms with Gasteiger partial charge in [-0.25, -0.2) is 9.67 Å². The molecular weight excluding hydrogens is 292 g/mol. The van der Waals surface area contributed by atoms with Crippen LogP contribution in [0.1, 0.15) is 11.3 Å². The predicted molar refractivity (Wildman–Crippen MR) is 83.9 cm³/mol. The number of benzene rings is 1. The zero-order valence-electron chi connectivity index (χ0n) is 12.7. The van der Waals surface area contributed by atoms with Gasteiger partial charge in [0.05, 0.1) is 5.69 Å². The molecule has 0 aliphatic rings. The van der Waals surface area contributed by atoms with Crippen LogP contribution in [-0.4, -0.2) is 29.4 Å². The lowest BCUT2D eigenvalue weighted by Gasteiger charge is -2.11. The molecule has 23 heavy (non-hydrogen) atoms. The highest BCUT2D eigenvalue weighted by molar-refractivity contribution is 5.43. The molecule has 0 fully saturated rings. The van der Waals surface area contributed by atoms with Crippen molar-refractivity contribution in [2.75, 3.05) is 0 Å². The van der Waals surface area contributed by atoms with Gasteiger partial charge in [-0.05, 0) is 44.2 Å². The molecule has 1 aromatic carbocycles. The molecule has 0 amide bonds. The summed E-state index contributed by atoms with van der Waals surface area (Å²) in [5.41, 5.74) is 2.77. The molecule has 0 saturated carbocycles. The van der Waals surface area contributed by atoms with Crippen molar-refractivity contribution in [3.05, 3.63) is 60.3 Å². The lowest BCUT2D eigenvalue weighted by atomic mass is 10.2. The maximum absolute atomic E-state index is 6.02. The van der Waals surface area contributed by atoms with Gasteiger partial charge in [0.15, 0.2) is 0 Å². The first-order valence-corrected chi connectivity index (χ1v) is 7.17. The lowest BCUT2D eigenvalue weighted by Crippen LogP contribution is -2.03. The topological polar surface area (TPSA) is 70.1 Å². The van der Waals surface area contributed by atoms with E-state index in [9.17, 15) is 0 Å². The average molecular weight is 306 g/mol. The summed E-state index contributed by atoms with van der Waals surface area (Å²) >= 11 is 0. The molecule has 7 heteroatoms. The van der Waals surface area contributed by atoms with Gasteiger partial charge in [-0.3, -0.25) is 0 Å². The van der Waals surface area contributed by atoms with Gasteiger partial charge in [0.1, 0.15) is 12.1 Å². The van der Waals surface area contributed by atoms with Crippen molar-refractivity contribution < 1.29 is 4.74 Å². The van der Waals surface area contributed by atoms with Crippen LogP contribution in [0.2, 0.25) is 0 Å². The predicted octanol–water partition coefficient (Wildman–Crippen LogP) is 2.72. The second-order valence-electron chi connectivity index (χ2n) is 5.15. The highest BCUT2D eigenvalue weighted by Gasteiger charge is 2.13. The first kappa shape index (κ1) is 13.4. The Morgan fingerprint density at radius 3 is 2.61 bits per heavy atom. The standard InChI is InChI=1S/C16H14N6O/c1-11-12(2)20-16-17-10-19-22(16)15(11)23-14-6-4-13(5-7-14)21-9-3-8-18-21/h3-10H,1-2H3. The Morgan fingerprint density at radius 1 is 1.04 bits per heavy atom. The van der Waals surface area contributed by atoms with Crippen molar-refractivity contribution in [2.24, 2.45) is 0 Å². The number of aryl methyl sites for hydroxylation is 1. The molecule has 0 radical (unpaired) electrons. The molecule has 0 aliphatic carbocycles. The van der Waals surface area contributed by atoms with E-state index >= 15 is 0 Å². The van der Waals surface area contributed by atoms with Crippen LogP contribution < -0.4 is 4.74 Å². The van der Waals surface area contributed by atoms with Crippen LogP contribution in [-0.2, 0) is 0 Å². The van der Waals surface area contributed by atoms with Crippen LogP contribution >= 0.6 is 0 Å². The van der Waals surface area contributed by atoms with Crippen molar-refractivity contribution in [3.8, 4) is 17.3 Å². The fourth-order valence-corrected chi connectivity index (χ4v) is 2.32. The van der Waals surface area contributed by atoms with E-state index in [1.165, 1.54) is 6.33 Å². The molecule has 3 aromatic heterocycles. The highest BCUT2D eigenvalue weighted by Crippen LogP contribution is 2.27. The van der Waals surface area contributed by atoms with Crippen LogP contribution in [0.25, 0.3) is 11.5 Å². The Morgan fingerprint density at radius 2 is 1.87 bits per heavy atom. The Hall–Kier alpha value is -3.22. The summed E-state index contributed by atoms with van der Waals surface area (Å²) in [6, 6.07) is 9.58. The monoisotopic (exact) mass is 306 g/mol. The van der Waals surface area contributed by atoms with Gasteiger partial charge in [0.25, 0.3) is 5.78 Å². The SMILES string of the molecule is Cc1nc2ncnn2c(Oc2ccc(-n3cccn3)cc2)c1C. The maximum Gasteiger partial charge on any atom is 0.255 e. The number of hydrogen-bond acceptors (Lipinski definition) is 5. The highest BCUT2D eigenvalue weighted by atomic mass is 16.5. The minimum Gasteiger partial charge on any atom is -0.439 e. The molecule has 0 spiro atoms. The van der Waals surface area contributed by atoms with Crippen molar-refractivity contribution in [3.63, 3.8) is 0 Å². The minimum absolute atomic E-state index is 0.524. The summed E-state index contributed by atoms with van der Waals surface area (Å²) < 4.78 is 9.42. The number of fused-ring (bicyclic) bond motifs is 1. The Bertz CT molecular complexity index is 956. The quantitative estimate of drug-likeness (QED) is 0.582. The first-order valence-electron chi connectivity index (χ1n) is 7.17. The summed E-state index contributed by atoms with van der Waals surface area (Å²) in [6.45, 7) is 3.88. The van der Waals surface area contributed by atoms with Gasteiger partial charge in [-0.15, -0.1) is 0 Å². The van der Waals surface area contributed by atoms with Gasteiger partial charge in [-0.2, -0.15) is 19.7 Å². The molecule has 0 saturated heterocycles. The van der Waals surface area contributed by atoms with Gasteiger partial charge in [0.2, 0.25) is 5.88 Å². The Labute approximate surface area is 132 Å². The third kappa shape index (κ3) is 2.32. The zero-order chi connectivity index (χ0) is 15.8. The summed E-state index contributed by atoms with van der Waals surface area (Å²) in [4.78, 5) is 8.50. The second kappa shape index (κ2) is 5.20. The minimum atomic E-state index is 0.524. The molecular formula is C16H14N6O. The molecule has 0 aliphatic heterocycles. The van der Waals surface area contributed by atoms with E-state index in [-0.39, 0.29) is 0 Å². The molecule has 4 rings (SSSR count). The number of ether oxygens (including phenoxy) is 1. The van der Waals surface area contributed by atoms with Crippen LogP contribution in [0.15, 0.2) is 49.1 Å². The van der Waals surface area contributed by atoms with Gasteiger partial charge < -0.3 is 4.74 Å². The van der Waals surface area contributed by atoms with Gasteiger partial charge >= 0.3 is 0 Å². The fourth-order valence-electron chi connectivity index (χ4n) is 2.32. The van der Waals surface area contributed by atoms with Gasteiger partial charge in [-0.1, -0.05) is 0 Å². The lowest BCUT2D eigenvalue weighted by molar-refractivity contribution is 0.441. The first-order chi connectivity index (χ1) is 11.2. The Kier molecular flexibility index (Phi) is 3.04. The van der Waals surface area contributed by atoms with E-state index in [1.807, 2.05) is 50.4 Å². The van der Waals surface area contributed by atoms with Crippen molar-refractivity contribution in [1.82, 2.24) is 29.4 Å². The molecule has 0 N–H and O–H groups in total. The summed E-state index contributed by atoms with van der Waals surface area (Å²) in [6.07, 6.45) is 5.11. The summed E-state index contributed by atoms with van der Waals surface area (Å²) in [5, 5.41) is 8.38. The molecule has 0 bridgehead atoms. The average Bonchev–Trinajstić information content (AvgIpc) is 3.23. The van der Waals surface area contributed by atoms with E-state index in [1.54, 1.807) is 15.4 Å². The number of rotatable bonds is 3. The van der Waals surface area contributed by atoms with E-state index < -0.39 is 0 Å². The normalized spacial score (nSPS) is 11.0. The van der Waals surface area contributed by atoms with E-state index in [4.69, 9.17) is 4.74 Å². The van der Waals surface area contributed by atoms with E-state index in [2.05, 4.69) is 20.2 Å². The van der Waals surface area contributed by atoms with Crippen molar-refractivity contribution >= 4 is 5.78 Å². The third-order valence-corrected chi connectivity index (χ3v) is 3.67. The molecule has 7 nitrogen and oxygen atoms in total.